The fraction of sp³-hybridized carbons (Fsp3) is 0.200. The average molecular weight is 283 g/mol. The molecule has 0 amide bonds. The number of hydrogen-bond donors (Lipinski definition) is 1. The zero-order chi connectivity index (χ0) is 14.7. The standard InChI is InChI=1S/C15H13F4N/c1-2-20-8-9-3-4-10(16)5-12(9)15-13(18)6-11(17)7-14(15)19/h3-7,20H,2,8H2,1H3. The molecule has 1 nitrogen and oxygen atoms in total. The Kier molecular flexibility index (Phi) is 4.39. The number of halogens is 4. The summed E-state index contributed by atoms with van der Waals surface area (Å²) in [6.07, 6.45) is 0. The van der Waals surface area contributed by atoms with Crippen molar-refractivity contribution in [3.05, 3.63) is 59.2 Å². The van der Waals surface area contributed by atoms with E-state index in [1.807, 2.05) is 6.92 Å². The van der Waals surface area contributed by atoms with Gasteiger partial charge in [0.15, 0.2) is 0 Å². The van der Waals surface area contributed by atoms with E-state index in [4.69, 9.17) is 0 Å². The molecule has 106 valence electrons. The maximum atomic E-state index is 13.8. The molecule has 0 aliphatic heterocycles. The number of rotatable bonds is 4. The molecule has 0 heterocycles. The van der Waals surface area contributed by atoms with Crippen LogP contribution in [0, 0.1) is 23.3 Å². The van der Waals surface area contributed by atoms with Crippen molar-refractivity contribution in [2.45, 2.75) is 13.5 Å². The van der Waals surface area contributed by atoms with E-state index in [1.54, 1.807) is 0 Å². The fourth-order valence-electron chi connectivity index (χ4n) is 1.99. The zero-order valence-electron chi connectivity index (χ0n) is 10.8. The Morgan fingerprint density at radius 2 is 1.55 bits per heavy atom. The summed E-state index contributed by atoms with van der Waals surface area (Å²) in [4.78, 5) is 0. The van der Waals surface area contributed by atoms with E-state index in [0.717, 1.165) is 6.07 Å². The van der Waals surface area contributed by atoms with Gasteiger partial charge < -0.3 is 5.32 Å². The molecule has 0 spiro atoms. The van der Waals surface area contributed by atoms with Crippen LogP contribution in [-0.4, -0.2) is 6.54 Å². The van der Waals surface area contributed by atoms with Crippen LogP contribution in [0.2, 0.25) is 0 Å². The van der Waals surface area contributed by atoms with Gasteiger partial charge >= 0.3 is 0 Å². The Labute approximate surface area is 114 Å². The zero-order valence-corrected chi connectivity index (χ0v) is 10.8. The van der Waals surface area contributed by atoms with E-state index < -0.39 is 28.8 Å². The van der Waals surface area contributed by atoms with Crippen LogP contribution in [0.3, 0.4) is 0 Å². The van der Waals surface area contributed by atoms with Gasteiger partial charge in [-0.3, -0.25) is 0 Å². The number of nitrogens with one attached hydrogen (secondary N) is 1. The number of hydrogen-bond acceptors (Lipinski definition) is 1. The Balaban J connectivity index is 2.59. The summed E-state index contributed by atoms with van der Waals surface area (Å²) in [6.45, 7) is 2.87. The highest BCUT2D eigenvalue weighted by molar-refractivity contribution is 5.68. The molecule has 0 saturated carbocycles. The summed E-state index contributed by atoms with van der Waals surface area (Å²) < 4.78 is 53.9. The van der Waals surface area contributed by atoms with Gasteiger partial charge in [-0.1, -0.05) is 13.0 Å². The lowest BCUT2D eigenvalue weighted by molar-refractivity contribution is 0.547. The maximum absolute atomic E-state index is 13.8. The normalized spacial score (nSPS) is 10.8. The molecule has 0 fully saturated rings. The van der Waals surface area contributed by atoms with Crippen molar-refractivity contribution in [2.24, 2.45) is 0 Å². The van der Waals surface area contributed by atoms with Crippen LogP contribution in [0.4, 0.5) is 17.6 Å². The molecule has 0 aromatic heterocycles. The van der Waals surface area contributed by atoms with Gasteiger partial charge in [0.2, 0.25) is 0 Å². The summed E-state index contributed by atoms with van der Waals surface area (Å²) in [6, 6.07) is 4.89. The fourth-order valence-corrected chi connectivity index (χ4v) is 1.99. The van der Waals surface area contributed by atoms with Crippen LogP contribution in [0.1, 0.15) is 12.5 Å². The first-order valence-corrected chi connectivity index (χ1v) is 6.17. The third kappa shape index (κ3) is 2.99. The Bertz CT molecular complexity index is 602. The molecule has 20 heavy (non-hydrogen) atoms. The summed E-state index contributed by atoms with van der Waals surface area (Å²) in [7, 11) is 0. The minimum absolute atomic E-state index is 0.0842. The van der Waals surface area contributed by atoms with Crippen LogP contribution in [-0.2, 0) is 6.54 Å². The van der Waals surface area contributed by atoms with E-state index in [0.29, 0.717) is 30.8 Å². The lowest BCUT2D eigenvalue weighted by Crippen LogP contribution is -2.13. The van der Waals surface area contributed by atoms with Crippen molar-refractivity contribution in [1.82, 2.24) is 5.32 Å². The summed E-state index contributed by atoms with van der Waals surface area (Å²) in [5.74, 6) is -3.71. The molecule has 2 aromatic carbocycles. The molecule has 0 saturated heterocycles. The second-order valence-electron chi connectivity index (χ2n) is 4.33. The molecular weight excluding hydrogens is 270 g/mol. The minimum atomic E-state index is -1.05. The largest absolute Gasteiger partial charge is 0.313 e. The predicted molar refractivity (Wildman–Crippen MR) is 69.1 cm³/mol. The molecule has 0 unspecified atom stereocenters. The van der Waals surface area contributed by atoms with Gasteiger partial charge in [-0.2, -0.15) is 0 Å². The molecule has 2 rings (SSSR count). The van der Waals surface area contributed by atoms with Gasteiger partial charge in [-0.25, -0.2) is 17.6 Å². The smallest absolute Gasteiger partial charge is 0.136 e. The summed E-state index contributed by atoms with van der Waals surface area (Å²) in [5, 5.41) is 3.00. The molecule has 0 aliphatic rings. The molecule has 2 aromatic rings. The van der Waals surface area contributed by atoms with Crippen LogP contribution in [0.25, 0.3) is 11.1 Å². The number of benzene rings is 2. The first kappa shape index (κ1) is 14.5. The Morgan fingerprint density at radius 3 is 2.15 bits per heavy atom. The highest BCUT2D eigenvalue weighted by Gasteiger charge is 2.17. The summed E-state index contributed by atoms with van der Waals surface area (Å²) >= 11 is 0. The third-order valence-electron chi connectivity index (χ3n) is 2.91. The molecule has 5 heteroatoms. The summed E-state index contributed by atoms with van der Waals surface area (Å²) in [5.41, 5.74) is 0.206. The monoisotopic (exact) mass is 283 g/mol. The van der Waals surface area contributed by atoms with Crippen LogP contribution in [0.15, 0.2) is 30.3 Å². The first-order chi connectivity index (χ1) is 9.52. The van der Waals surface area contributed by atoms with E-state index in [9.17, 15) is 17.6 Å². The predicted octanol–water partition coefficient (Wildman–Crippen LogP) is 4.02. The van der Waals surface area contributed by atoms with E-state index >= 15 is 0 Å². The highest BCUT2D eigenvalue weighted by Crippen LogP contribution is 2.30. The first-order valence-electron chi connectivity index (χ1n) is 6.17. The van der Waals surface area contributed by atoms with Crippen molar-refractivity contribution in [2.75, 3.05) is 6.54 Å². The molecule has 1 N–H and O–H groups in total. The second-order valence-corrected chi connectivity index (χ2v) is 4.33. The Hall–Kier alpha value is -1.88. The van der Waals surface area contributed by atoms with Gasteiger partial charge in [0.25, 0.3) is 0 Å². The molecule has 0 atom stereocenters. The molecule has 0 radical (unpaired) electrons. The van der Waals surface area contributed by atoms with Gasteiger partial charge in [-0.05, 0) is 29.8 Å². The van der Waals surface area contributed by atoms with Gasteiger partial charge in [0, 0.05) is 18.7 Å². The average Bonchev–Trinajstić information content (AvgIpc) is 2.36. The topological polar surface area (TPSA) is 12.0 Å². The van der Waals surface area contributed by atoms with Gasteiger partial charge in [-0.15, -0.1) is 0 Å². The van der Waals surface area contributed by atoms with E-state index in [2.05, 4.69) is 5.32 Å². The van der Waals surface area contributed by atoms with Crippen LogP contribution in [0.5, 0.6) is 0 Å². The van der Waals surface area contributed by atoms with Crippen molar-refractivity contribution < 1.29 is 17.6 Å². The third-order valence-corrected chi connectivity index (χ3v) is 2.91. The maximum Gasteiger partial charge on any atom is 0.136 e. The van der Waals surface area contributed by atoms with Crippen molar-refractivity contribution >= 4 is 0 Å². The van der Waals surface area contributed by atoms with Crippen molar-refractivity contribution in [3.8, 4) is 11.1 Å². The molecule has 0 aliphatic carbocycles. The lowest BCUT2D eigenvalue weighted by atomic mass is 9.98. The molecular formula is C15H13F4N. The minimum Gasteiger partial charge on any atom is -0.313 e. The quantitative estimate of drug-likeness (QED) is 0.836. The van der Waals surface area contributed by atoms with Crippen LogP contribution >= 0.6 is 0 Å². The van der Waals surface area contributed by atoms with Crippen molar-refractivity contribution in [1.29, 1.82) is 0 Å². The second kappa shape index (κ2) is 6.05. The molecule has 0 bridgehead atoms. The van der Waals surface area contributed by atoms with Crippen LogP contribution < -0.4 is 5.32 Å². The Morgan fingerprint density at radius 1 is 0.900 bits per heavy atom. The van der Waals surface area contributed by atoms with Crippen molar-refractivity contribution in [3.63, 3.8) is 0 Å². The SMILES string of the molecule is CCNCc1ccc(F)cc1-c1c(F)cc(F)cc1F. The van der Waals surface area contributed by atoms with Gasteiger partial charge in [0.1, 0.15) is 23.3 Å². The highest BCUT2D eigenvalue weighted by atomic mass is 19.1. The lowest BCUT2D eigenvalue weighted by Gasteiger charge is -2.12. The van der Waals surface area contributed by atoms with Gasteiger partial charge in [0.05, 0.1) is 5.56 Å². The van der Waals surface area contributed by atoms with E-state index in [1.165, 1.54) is 12.1 Å². The van der Waals surface area contributed by atoms with E-state index in [-0.39, 0.29) is 5.56 Å².